The molecule has 8 nitrogen and oxygen atoms in total. The molecule has 17 heavy (non-hydrogen) atoms. The van der Waals surface area contributed by atoms with Crippen LogP contribution in [-0.2, 0) is 4.74 Å². The third-order valence-electron chi connectivity index (χ3n) is 2.41. The first-order valence-electron chi connectivity index (χ1n) is 5.14. The van der Waals surface area contributed by atoms with Crippen molar-refractivity contribution in [2.45, 2.75) is 0 Å². The molecule has 0 aliphatic carbocycles. The maximum absolute atomic E-state index is 5.33. The maximum atomic E-state index is 5.33. The largest absolute Gasteiger partial charge is 0.383 e. The fourth-order valence-electron chi connectivity index (χ4n) is 1.51. The summed E-state index contributed by atoms with van der Waals surface area (Å²) in [5, 5.41) is 7.59. The van der Waals surface area contributed by atoms with Gasteiger partial charge < -0.3 is 9.64 Å². The van der Waals surface area contributed by atoms with Crippen molar-refractivity contribution in [1.29, 1.82) is 0 Å². The Labute approximate surface area is 98.1 Å². The van der Waals surface area contributed by atoms with Crippen LogP contribution in [0.2, 0.25) is 0 Å². The second-order valence-corrected chi connectivity index (χ2v) is 3.56. The van der Waals surface area contributed by atoms with Crippen molar-refractivity contribution in [2.75, 3.05) is 37.6 Å². The summed E-state index contributed by atoms with van der Waals surface area (Å²) in [6, 6.07) is 0. The molecule has 2 aromatic rings. The van der Waals surface area contributed by atoms with Gasteiger partial charge in [0.2, 0.25) is 5.95 Å². The SMILES string of the molecule is COCCN(C)c1nc(NN)nc2[nH]ncc12. The Balaban J connectivity index is 2.39. The first-order valence-corrected chi connectivity index (χ1v) is 5.14. The van der Waals surface area contributed by atoms with Gasteiger partial charge in [-0.15, -0.1) is 0 Å². The summed E-state index contributed by atoms with van der Waals surface area (Å²) in [5.74, 6) is 6.43. The lowest BCUT2D eigenvalue weighted by atomic mass is 10.3. The van der Waals surface area contributed by atoms with E-state index in [0.717, 1.165) is 17.7 Å². The molecule has 2 rings (SSSR count). The summed E-state index contributed by atoms with van der Waals surface area (Å²) in [4.78, 5) is 10.4. The van der Waals surface area contributed by atoms with Gasteiger partial charge in [0.1, 0.15) is 5.82 Å². The highest BCUT2D eigenvalue weighted by atomic mass is 16.5. The predicted molar refractivity (Wildman–Crippen MR) is 64.6 cm³/mol. The van der Waals surface area contributed by atoms with E-state index in [2.05, 4.69) is 25.6 Å². The average Bonchev–Trinajstić information content (AvgIpc) is 2.82. The number of aromatic nitrogens is 4. The van der Waals surface area contributed by atoms with E-state index in [1.807, 2.05) is 11.9 Å². The number of nitrogen functional groups attached to an aromatic ring is 1. The van der Waals surface area contributed by atoms with Crippen LogP contribution in [-0.4, -0.2) is 47.5 Å². The standard InChI is InChI=1S/C9H15N7O/c1-16(3-4-17-2)8-6-5-11-15-7(6)12-9(13-8)14-10/h5H,3-4,10H2,1-2H3,(H2,11,12,13,14,15). The Morgan fingerprint density at radius 2 is 2.35 bits per heavy atom. The topological polar surface area (TPSA) is 105 Å². The molecule has 0 saturated heterocycles. The first-order chi connectivity index (χ1) is 8.26. The molecule has 0 atom stereocenters. The van der Waals surface area contributed by atoms with Crippen molar-refractivity contribution in [2.24, 2.45) is 5.84 Å². The lowest BCUT2D eigenvalue weighted by Gasteiger charge is -2.18. The third-order valence-corrected chi connectivity index (χ3v) is 2.41. The number of hydrazine groups is 1. The minimum atomic E-state index is 0.348. The van der Waals surface area contributed by atoms with Crippen molar-refractivity contribution in [3.05, 3.63) is 6.20 Å². The second-order valence-electron chi connectivity index (χ2n) is 3.56. The number of ether oxygens (including phenoxy) is 1. The fourth-order valence-corrected chi connectivity index (χ4v) is 1.51. The Kier molecular flexibility index (Phi) is 3.35. The van der Waals surface area contributed by atoms with Crippen LogP contribution in [0.15, 0.2) is 6.20 Å². The van der Waals surface area contributed by atoms with Crippen LogP contribution in [0, 0.1) is 0 Å². The molecule has 0 aliphatic heterocycles. The summed E-state index contributed by atoms with van der Waals surface area (Å²) < 4.78 is 5.04. The van der Waals surface area contributed by atoms with Crippen molar-refractivity contribution in [1.82, 2.24) is 20.2 Å². The molecule has 0 radical (unpaired) electrons. The van der Waals surface area contributed by atoms with Gasteiger partial charge in [0, 0.05) is 20.7 Å². The van der Waals surface area contributed by atoms with E-state index in [-0.39, 0.29) is 0 Å². The summed E-state index contributed by atoms with van der Waals surface area (Å²) in [6.07, 6.45) is 1.69. The lowest BCUT2D eigenvalue weighted by Crippen LogP contribution is -2.24. The number of hydrogen-bond donors (Lipinski definition) is 3. The molecular formula is C9H15N7O. The van der Waals surface area contributed by atoms with E-state index in [9.17, 15) is 0 Å². The quantitative estimate of drug-likeness (QED) is 0.485. The number of fused-ring (bicyclic) bond motifs is 1. The number of methoxy groups -OCH3 is 1. The van der Waals surface area contributed by atoms with Crippen LogP contribution in [0.25, 0.3) is 11.0 Å². The molecule has 0 aromatic carbocycles. The molecule has 0 spiro atoms. The van der Waals surface area contributed by atoms with Gasteiger partial charge in [0.25, 0.3) is 0 Å². The van der Waals surface area contributed by atoms with E-state index in [1.54, 1.807) is 13.3 Å². The zero-order valence-electron chi connectivity index (χ0n) is 9.77. The molecule has 92 valence electrons. The van der Waals surface area contributed by atoms with E-state index < -0.39 is 0 Å². The van der Waals surface area contributed by atoms with Crippen molar-refractivity contribution in [3.8, 4) is 0 Å². The highest BCUT2D eigenvalue weighted by molar-refractivity contribution is 5.87. The Bertz CT molecular complexity index is 497. The Morgan fingerprint density at radius 1 is 1.53 bits per heavy atom. The average molecular weight is 237 g/mol. The number of hydrogen-bond acceptors (Lipinski definition) is 7. The Hall–Kier alpha value is -1.93. The minimum absolute atomic E-state index is 0.348. The van der Waals surface area contributed by atoms with Crippen molar-refractivity contribution >= 4 is 22.8 Å². The summed E-state index contributed by atoms with van der Waals surface area (Å²) in [7, 11) is 3.59. The molecule has 2 heterocycles. The van der Waals surface area contributed by atoms with Crippen molar-refractivity contribution in [3.63, 3.8) is 0 Å². The zero-order chi connectivity index (χ0) is 12.3. The number of nitrogens with two attached hydrogens (primary N) is 1. The van der Waals surface area contributed by atoms with E-state index >= 15 is 0 Å². The van der Waals surface area contributed by atoms with E-state index in [4.69, 9.17) is 10.6 Å². The minimum Gasteiger partial charge on any atom is -0.383 e. The number of aromatic amines is 1. The van der Waals surface area contributed by atoms with Crippen LogP contribution in [0.1, 0.15) is 0 Å². The molecule has 0 fully saturated rings. The van der Waals surface area contributed by atoms with Gasteiger partial charge in [0.15, 0.2) is 5.65 Å². The van der Waals surface area contributed by atoms with Gasteiger partial charge in [-0.05, 0) is 0 Å². The van der Waals surface area contributed by atoms with Gasteiger partial charge in [-0.2, -0.15) is 15.1 Å². The van der Waals surface area contributed by atoms with Gasteiger partial charge in [-0.1, -0.05) is 0 Å². The number of H-pyrrole nitrogens is 1. The first kappa shape index (κ1) is 11.6. The molecule has 0 aliphatic rings. The monoisotopic (exact) mass is 237 g/mol. The van der Waals surface area contributed by atoms with Crippen LogP contribution in [0.4, 0.5) is 11.8 Å². The number of likely N-dealkylation sites (N-methyl/N-ethyl adjacent to an activating group) is 1. The summed E-state index contributed by atoms with van der Waals surface area (Å²) in [5.41, 5.74) is 3.08. The van der Waals surface area contributed by atoms with Crippen LogP contribution >= 0.6 is 0 Å². The molecule has 8 heteroatoms. The van der Waals surface area contributed by atoms with Gasteiger partial charge in [-0.25, -0.2) is 5.84 Å². The smallest absolute Gasteiger partial charge is 0.241 e. The number of nitrogens with one attached hydrogen (secondary N) is 2. The van der Waals surface area contributed by atoms with Gasteiger partial charge >= 0.3 is 0 Å². The maximum Gasteiger partial charge on any atom is 0.241 e. The van der Waals surface area contributed by atoms with Crippen molar-refractivity contribution < 1.29 is 4.74 Å². The van der Waals surface area contributed by atoms with E-state index in [0.29, 0.717) is 18.2 Å². The molecule has 0 saturated carbocycles. The van der Waals surface area contributed by atoms with Crippen LogP contribution in [0.3, 0.4) is 0 Å². The fraction of sp³-hybridized carbons (Fsp3) is 0.444. The summed E-state index contributed by atoms with van der Waals surface area (Å²) >= 11 is 0. The molecule has 4 N–H and O–H groups in total. The highest BCUT2D eigenvalue weighted by Crippen LogP contribution is 2.22. The zero-order valence-corrected chi connectivity index (χ0v) is 9.77. The van der Waals surface area contributed by atoms with Gasteiger partial charge in [0.05, 0.1) is 18.2 Å². The highest BCUT2D eigenvalue weighted by Gasteiger charge is 2.12. The molecule has 2 aromatic heterocycles. The number of rotatable bonds is 5. The molecule has 0 unspecified atom stereocenters. The molecular weight excluding hydrogens is 222 g/mol. The number of nitrogens with zero attached hydrogens (tertiary/aromatic N) is 4. The Morgan fingerprint density at radius 3 is 3.06 bits per heavy atom. The normalized spacial score (nSPS) is 10.8. The summed E-state index contributed by atoms with van der Waals surface area (Å²) in [6.45, 7) is 1.34. The predicted octanol–water partition coefficient (Wildman–Crippen LogP) is -0.279. The van der Waals surface area contributed by atoms with Crippen LogP contribution in [0.5, 0.6) is 0 Å². The second kappa shape index (κ2) is 4.93. The lowest BCUT2D eigenvalue weighted by molar-refractivity contribution is 0.206. The third kappa shape index (κ3) is 2.27. The van der Waals surface area contributed by atoms with E-state index in [1.165, 1.54) is 0 Å². The van der Waals surface area contributed by atoms with Crippen LogP contribution < -0.4 is 16.2 Å². The molecule has 0 bridgehead atoms. The number of anilines is 2. The molecule has 0 amide bonds. The van der Waals surface area contributed by atoms with Gasteiger partial charge in [-0.3, -0.25) is 10.5 Å².